The first-order chi connectivity index (χ1) is 7.91. The van der Waals surface area contributed by atoms with Crippen LogP contribution in [0.25, 0.3) is 0 Å². The average molecular weight is 255 g/mol. The highest BCUT2D eigenvalue weighted by molar-refractivity contribution is 7.10. The maximum Gasteiger partial charge on any atom is 0.249 e. The maximum absolute atomic E-state index is 11.2. The van der Waals surface area contributed by atoms with Crippen molar-refractivity contribution in [1.29, 1.82) is 0 Å². The molecule has 2 amide bonds. The molecule has 1 unspecified atom stereocenters. The summed E-state index contributed by atoms with van der Waals surface area (Å²) in [6.45, 7) is 4.35. The summed E-state index contributed by atoms with van der Waals surface area (Å²) in [5.41, 5.74) is 10.9. The van der Waals surface area contributed by atoms with Gasteiger partial charge < -0.3 is 16.8 Å². The van der Waals surface area contributed by atoms with Gasteiger partial charge in [0.15, 0.2) is 0 Å². The van der Waals surface area contributed by atoms with Crippen LogP contribution in [0.2, 0.25) is 0 Å². The van der Waals surface area contributed by atoms with Crippen molar-refractivity contribution in [3.8, 4) is 0 Å². The van der Waals surface area contributed by atoms with Crippen molar-refractivity contribution in [2.24, 2.45) is 17.4 Å². The molecule has 0 aromatic carbocycles. The molecule has 17 heavy (non-hydrogen) atoms. The summed E-state index contributed by atoms with van der Waals surface area (Å²) >= 11 is 1.43. The third kappa shape index (κ3) is 3.83. The van der Waals surface area contributed by atoms with Crippen molar-refractivity contribution in [3.63, 3.8) is 0 Å². The van der Waals surface area contributed by atoms with Gasteiger partial charge in [-0.15, -0.1) is 11.3 Å². The van der Waals surface area contributed by atoms with E-state index >= 15 is 0 Å². The number of nitrogens with one attached hydrogen (secondary N) is 1. The van der Waals surface area contributed by atoms with Crippen LogP contribution in [0.1, 0.15) is 29.1 Å². The molecule has 94 valence electrons. The first-order valence-corrected chi connectivity index (χ1v) is 6.19. The van der Waals surface area contributed by atoms with Crippen molar-refractivity contribution in [2.75, 3.05) is 0 Å². The molecule has 5 N–H and O–H groups in total. The van der Waals surface area contributed by atoms with Gasteiger partial charge in [-0.3, -0.25) is 9.59 Å². The highest BCUT2D eigenvalue weighted by Gasteiger charge is 2.18. The number of carbonyl (C=O) groups is 2. The van der Waals surface area contributed by atoms with E-state index in [1.807, 2.05) is 13.8 Å². The first kappa shape index (κ1) is 13.7. The fraction of sp³-hybridized carbons (Fsp3) is 0.455. The summed E-state index contributed by atoms with van der Waals surface area (Å²) in [5, 5.41) is 4.77. The lowest BCUT2D eigenvalue weighted by molar-refractivity contribution is -0.121. The third-order valence-electron chi connectivity index (χ3n) is 2.41. The fourth-order valence-corrected chi connectivity index (χ4v) is 2.30. The number of rotatable bonds is 6. The Balaban J connectivity index is 2.59. The van der Waals surface area contributed by atoms with E-state index in [4.69, 9.17) is 11.5 Å². The molecule has 0 saturated carbocycles. The molecule has 0 spiro atoms. The number of hydrogen-bond donors (Lipinski definition) is 3. The van der Waals surface area contributed by atoms with E-state index < -0.39 is 5.91 Å². The van der Waals surface area contributed by atoms with E-state index in [-0.39, 0.29) is 17.9 Å². The molecule has 1 atom stereocenters. The second kappa shape index (κ2) is 5.79. The van der Waals surface area contributed by atoms with E-state index in [0.717, 1.165) is 4.88 Å². The zero-order valence-corrected chi connectivity index (χ0v) is 10.7. The van der Waals surface area contributed by atoms with Crippen molar-refractivity contribution in [1.82, 2.24) is 5.32 Å². The smallest absolute Gasteiger partial charge is 0.249 e. The highest BCUT2D eigenvalue weighted by Crippen LogP contribution is 2.14. The second-order valence-corrected chi connectivity index (χ2v) is 5.17. The zero-order chi connectivity index (χ0) is 13.0. The highest BCUT2D eigenvalue weighted by atomic mass is 32.1. The molecule has 0 aliphatic heterocycles. The van der Waals surface area contributed by atoms with Gasteiger partial charge in [0.1, 0.15) is 0 Å². The molecular weight excluding hydrogens is 238 g/mol. The van der Waals surface area contributed by atoms with Gasteiger partial charge in [-0.25, -0.2) is 0 Å². The summed E-state index contributed by atoms with van der Waals surface area (Å²) in [5.74, 6) is -0.683. The van der Waals surface area contributed by atoms with Crippen LogP contribution in [0.3, 0.4) is 0 Å². The molecule has 0 aliphatic carbocycles. The summed E-state index contributed by atoms with van der Waals surface area (Å²) in [6, 6.07) is 1.35. The van der Waals surface area contributed by atoms with E-state index in [2.05, 4.69) is 5.32 Å². The quantitative estimate of drug-likeness (QED) is 0.688. The Morgan fingerprint density at radius 1 is 1.41 bits per heavy atom. The molecule has 1 rings (SSSR count). The Kier molecular flexibility index (Phi) is 4.65. The maximum atomic E-state index is 11.2. The van der Waals surface area contributed by atoms with Crippen LogP contribution >= 0.6 is 11.3 Å². The van der Waals surface area contributed by atoms with Gasteiger partial charge in [0.25, 0.3) is 0 Å². The summed E-state index contributed by atoms with van der Waals surface area (Å²) in [6.07, 6.45) is 0. The third-order valence-corrected chi connectivity index (χ3v) is 3.34. The predicted molar refractivity (Wildman–Crippen MR) is 67.5 cm³/mol. The number of hydrogen-bond acceptors (Lipinski definition) is 4. The minimum atomic E-state index is -0.442. The van der Waals surface area contributed by atoms with Gasteiger partial charge in [-0.2, -0.15) is 0 Å². The molecule has 1 aromatic heterocycles. The fourth-order valence-electron chi connectivity index (χ4n) is 1.48. The van der Waals surface area contributed by atoms with Crippen LogP contribution in [0.4, 0.5) is 0 Å². The lowest BCUT2D eigenvalue weighted by atomic mass is 10.0. The largest absolute Gasteiger partial charge is 0.368 e. The van der Waals surface area contributed by atoms with Crippen molar-refractivity contribution in [3.05, 3.63) is 21.9 Å². The molecule has 5 nitrogen and oxygen atoms in total. The summed E-state index contributed by atoms with van der Waals surface area (Å²) in [4.78, 5) is 23.0. The van der Waals surface area contributed by atoms with Crippen LogP contribution < -0.4 is 16.8 Å². The normalized spacial score (nSPS) is 12.6. The Hall–Kier alpha value is -1.40. The number of amides is 2. The minimum Gasteiger partial charge on any atom is -0.368 e. The van der Waals surface area contributed by atoms with E-state index in [1.54, 1.807) is 11.4 Å². The van der Waals surface area contributed by atoms with Crippen LogP contribution in [0.15, 0.2) is 11.4 Å². The molecule has 6 heteroatoms. The Labute approximate surface area is 104 Å². The van der Waals surface area contributed by atoms with Gasteiger partial charge in [0.2, 0.25) is 11.8 Å². The van der Waals surface area contributed by atoms with E-state index in [0.29, 0.717) is 12.1 Å². The van der Waals surface area contributed by atoms with Gasteiger partial charge in [-0.1, -0.05) is 13.8 Å². The number of thiophene rings is 1. The SMILES string of the molecule is CC(C)C(NCc1cc(C(N)=O)cs1)C(N)=O. The van der Waals surface area contributed by atoms with Crippen LogP contribution in [0, 0.1) is 5.92 Å². The van der Waals surface area contributed by atoms with Gasteiger partial charge in [-0.05, 0) is 12.0 Å². The molecule has 0 saturated heterocycles. The van der Waals surface area contributed by atoms with Crippen molar-refractivity contribution < 1.29 is 9.59 Å². The lowest BCUT2D eigenvalue weighted by Gasteiger charge is -2.18. The molecule has 0 fully saturated rings. The summed E-state index contributed by atoms with van der Waals surface area (Å²) < 4.78 is 0. The summed E-state index contributed by atoms with van der Waals surface area (Å²) in [7, 11) is 0. The van der Waals surface area contributed by atoms with Crippen molar-refractivity contribution in [2.45, 2.75) is 26.4 Å². The molecule has 1 heterocycles. The van der Waals surface area contributed by atoms with E-state index in [9.17, 15) is 9.59 Å². The second-order valence-electron chi connectivity index (χ2n) is 4.17. The monoisotopic (exact) mass is 255 g/mol. The van der Waals surface area contributed by atoms with Crippen molar-refractivity contribution >= 4 is 23.2 Å². The van der Waals surface area contributed by atoms with E-state index in [1.165, 1.54) is 11.3 Å². The zero-order valence-electron chi connectivity index (χ0n) is 9.90. The van der Waals surface area contributed by atoms with Gasteiger partial charge in [0.05, 0.1) is 11.6 Å². The Morgan fingerprint density at radius 3 is 2.47 bits per heavy atom. The number of nitrogens with two attached hydrogens (primary N) is 2. The van der Waals surface area contributed by atoms with Crippen LogP contribution in [-0.4, -0.2) is 17.9 Å². The molecule has 0 aliphatic rings. The van der Waals surface area contributed by atoms with Crippen LogP contribution in [-0.2, 0) is 11.3 Å². The molecule has 1 aromatic rings. The Morgan fingerprint density at radius 2 is 2.06 bits per heavy atom. The molecule has 0 radical (unpaired) electrons. The lowest BCUT2D eigenvalue weighted by Crippen LogP contribution is -2.44. The minimum absolute atomic E-state index is 0.128. The first-order valence-electron chi connectivity index (χ1n) is 5.31. The topological polar surface area (TPSA) is 98.2 Å². The Bertz CT molecular complexity index is 415. The number of carbonyl (C=O) groups excluding carboxylic acids is 2. The number of primary amides is 2. The van der Waals surface area contributed by atoms with Crippen LogP contribution in [0.5, 0.6) is 0 Å². The predicted octanol–water partition coefficient (Wildman–Crippen LogP) is 0.447. The van der Waals surface area contributed by atoms with Gasteiger partial charge >= 0.3 is 0 Å². The molecular formula is C11H17N3O2S. The average Bonchev–Trinajstić information content (AvgIpc) is 2.65. The van der Waals surface area contributed by atoms with Gasteiger partial charge in [0, 0.05) is 16.8 Å². The molecule has 0 bridgehead atoms. The standard InChI is InChI=1S/C11H17N3O2S/c1-6(2)9(11(13)16)14-4-8-3-7(5-17-8)10(12)15/h3,5-6,9,14H,4H2,1-2H3,(H2,12,15)(H2,13,16).